The summed E-state index contributed by atoms with van der Waals surface area (Å²) in [5, 5.41) is 9.49. The van der Waals surface area contributed by atoms with Crippen LogP contribution in [0, 0.1) is 6.07 Å². The fourth-order valence-corrected chi connectivity index (χ4v) is 2.33. The van der Waals surface area contributed by atoms with E-state index in [1.807, 2.05) is 66.7 Å². The minimum Gasteiger partial charge on any atom is -0.464 e. The summed E-state index contributed by atoms with van der Waals surface area (Å²) in [6.07, 6.45) is -1.01. The normalized spacial score (nSPS) is 10.2. The average molecular weight is 288 g/mol. The average Bonchev–Trinajstić information content (AvgIpc) is 2.57. The second-order valence-corrected chi connectivity index (χ2v) is 4.79. The number of hydrogen-bond donors (Lipinski definition) is 1. The van der Waals surface area contributed by atoms with Crippen LogP contribution in [0.15, 0.2) is 78.9 Å². The lowest BCUT2D eigenvalue weighted by Crippen LogP contribution is -2.23. The van der Waals surface area contributed by atoms with Crippen molar-refractivity contribution in [3.63, 3.8) is 0 Å². The highest BCUT2D eigenvalue weighted by atomic mass is 16.4. The molecule has 0 aliphatic rings. The van der Waals surface area contributed by atoms with Crippen LogP contribution in [0.3, 0.4) is 0 Å². The number of nitrogens with zero attached hydrogens (tertiary/aromatic N) is 1. The fourth-order valence-electron chi connectivity index (χ4n) is 2.33. The van der Waals surface area contributed by atoms with Gasteiger partial charge in [-0.05, 0) is 41.5 Å². The second kappa shape index (κ2) is 6.14. The molecule has 0 fully saturated rings. The van der Waals surface area contributed by atoms with Crippen LogP contribution in [0.5, 0.6) is 0 Å². The van der Waals surface area contributed by atoms with Gasteiger partial charge in [0.2, 0.25) is 0 Å². The maximum atomic E-state index is 11.6. The van der Waals surface area contributed by atoms with Crippen molar-refractivity contribution in [3.05, 3.63) is 84.9 Å². The summed E-state index contributed by atoms with van der Waals surface area (Å²) in [6.45, 7) is 0. The van der Waals surface area contributed by atoms with Gasteiger partial charge in [-0.1, -0.05) is 54.6 Å². The Morgan fingerprint density at radius 3 is 1.91 bits per heavy atom. The number of benzene rings is 3. The maximum absolute atomic E-state index is 11.6. The van der Waals surface area contributed by atoms with Crippen molar-refractivity contribution in [2.24, 2.45) is 0 Å². The zero-order valence-electron chi connectivity index (χ0n) is 11.8. The molecule has 3 nitrogen and oxygen atoms in total. The second-order valence-electron chi connectivity index (χ2n) is 4.79. The molecular formula is C19H14NO2. The largest absolute Gasteiger partial charge is 0.464 e. The number of rotatable bonds is 3. The zero-order chi connectivity index (χ0) is 15.4. The first-order valence-corrected chi connectivity index (χ1v) is 6.90. The Kier molecular flexibility index (Phi) is 3.88. The van der Waals surface area contributed by atoms with E-state index in [0.717, 1.165) is 11.1 Å². The molecule has 0 unspecified atom stereocenters. The third-order valence-corrected chi connectivity index (χ3v) is 3.38. The molecule has 0 spiro atoms. The van der Waals surface area contributed by atoms with Crippen LogP contribution < -0.4 is 4.90 Å². The van der Waals surface area contributed by atoms with Gasteiger partial charge in [0, 0.05) is 0 Å². The highest BCUT2D eigenvalue weighted by Gasteiger charge is 2.16. The van der Waals surface area contributed by atoms with Crippen LogP contribution in [0.2, 0.25) is 0 Å². The summed E-state index contributed by atoms with van der Waals surface area (Å²) in [5.41, 5.74) is 3.35. The SMILES string of the molecule is O=C(O)N(c1ccccc1)c1ccc(-c2cc[c]cc2)cc1. The molecule has 1 N–H and O–H groups in total. The Labute approximate surface area is 129 Å². The van der Waals surface area contributed by atoms with Crippen molar-refractivity contribution in [2.75, 3.05) is 4.90 Å². The Morgan fingerprint density at radius 2 is 1.32 bits per heavy atom. The summed E-state index contributed by atoms with van der Waals surface area (Å²) < 4.78 is 0. The van der Waals surface area contributed by atoms with E-state index in [1.165, 1.54) is 4.90 Å². The van der Waals surface area contributed by atoms with Gasteiger partial charge in [-0.2, -0.15) is 0 Å². The molecule has 0 saturated carbocycles. The Hall–Kier alpha value is -3.07. The van der Waals surface area contributed by atoms with Crippen LogP contribution in [0.25, 0.3) is 11.1 Å². The fraction of sp³-hybridized carbons (Fsp3) is 0. The number of carbonyl (C=O) groups is 1. The van der Waals surface area contributed by atoms with Crippen molar-refractivity contribution in [3.8, 4) is 11.1 Å². The van der Waals surface area contributed by atoms with Gasteiger partial charge in [-0.15, -0.1) is 0 Å². The van der Waals surface area contributed by atoms with Gasteiger partial charge in [0.25, 0.3) is 0 Å². The van der Waals surface area contributed by atoms with Gasteiger partial charge in [0.05, 0.1) is 11.4 Å². The molecule has 0 saturated heterocycles. The Bertz CT molecular complexity index is 752. The Morgan fingerprint density at radius 1 is 0.773 bits per heavy atom. The van der Waals surface area contributed by atoms with E-state index in [4.69, 9.17) is 0 Å². The summed E-state index contributed by atoms with van der Waals surface area (Å²) in [7, 11) is 0. The van der Waals surface area contributed by atoms with Gasteiger partial charge in [-0.25, -0.2) is 9.69 Å². The molecule has 0 aliphatic carbocycles. The van der Waals surface area contributed by atoms with E-state index in [2.05, 4.69) is 6.07 Å². The first-order chi connectivity index (χ1) is 10.8. The van der Waals surface area contributed by atoms with Gasteiger partial charge < -0.3 is 5.11 Å². The Balaban J connectivity index is 1.95. The molecule has 1 amide bonds. The molecule has 3 aromatic carbocycles. The molecule has 0 aromatic heterocycles. The van der Waals surface area contributed by atoms with Crippen molar-refractivity contribution in [1.29, 1.82) is 0 Å². The van der Waals surface area contributed by atoms with Crippen molar-refractivity contribution in [1.82, 2.24) is 0 Å². The highest BCUT2D eigenvalue weighted by molar-refractivity contribution is 5.95. The molecule has 0 atom stereocenters. The topological polar surface area (TPSA) is 40.5 Å². The van der Waals surface area contributed by atoms with E-state index in [9.17, 15) is 9.90 Å². The minimum absolute atomic E-state index is 0.616. The van der Waals surface area contributed by atoms with Crippen LogP contribution in [-0.4, -0.2) is 11.2 Å². The van der Waals surface area contributed by atoms with E-state index < -0.39 is 6.09 Å². The molecule has 0 aliphatic heterocycles. The van der Waals surface area contributed by atoms with Gasteiger partial charge in [0.15, 0.2) is 0 Å². The summed E-state index contributed by atoms with van der Waals surface area (Å²) >= 11 is 0. The van der Waals surface area contributed by atoms with Crippen molar-refractivity contribution < 1.29 is 9.90 Å². The predicted octanol–water partition coefficient (Wildman–Crippen LogP) is 4.97. The predicted molar refractivity (Wildman–Crippen MR) is 87.3 cm³/mol. The van der Waals surface area contributed by atoms with Crippen molar-refractivity contribution >= 4 is 17.5 Å². The number of para-hydroxylation sites is 1. The molecule has 107 valence electrons. The summed E-state index contributed by atoms with van der Waals surface area (Å²) in [4.78, 5) is 12.8. The van der Waals surface area contributed by atoms with Crippen LogP contribution in [0.1, 0.15) is 0 Å². The van der Waals surface area contributed by atoms with Crippen LogP contribution in [0.4, 0.5) is 16.2 Å². The number of hydrogen-bond acceptors (Lipinski definition) is 1. The molecule has 0 heterocycles. The molecule has 3 heteroatoms. The molecule has 3 rings (SSSR count). The number of amides is 1. The molecule has 3 aromatic rings. The lowest BCUT2D eigenvalue weighted by atomic mass is 10.1. The van der Waals surface area contributed by atoms with E-state index in [0.29, 0.717) is 11.4 Å². The molecule has 0 bridgehead atoms. The lowest BCUT2D eigenvalue weighted by molar-refractivity contribution is 0.205. The maximum Gasteiger partial charge on any atom is 0.416 e. The molecular weight excluding hydrogens is 274 g/mol. The molecule has 22 heavy (non-hydrogen) atoms. The van der Waals surface area contributed by atoms with E-state index >= 15 is 0 Å². The highest BCUT2D eigenvalue weighted by Crippen LogP contribution is 2.28. The minimum atomic E-state index is -1.01. The third kappa shape index (κ3) is 2.83. The van der Waals surface area contributed by atoms with Crippen LogP contribution in [-0.2, 0) is 0 Å². The number of carboxylic acid groups (broad SMARTS) is 1. The quantitative estimate of drug-likeness (QED) is 0.739. The lowest BCUT2D eigenvalue weighted by Gasteiger charge is -2.19. The smallest absolute Gasteiger partial charge is 0.416 e. The van der Waals surface area contributed by atoms with Crippen molar-refractivity contribution in [2.45, 2.75) is 0 Å². The standard InChI is InChI=1S/C19H14NO2/c21-19(22)20(17-9-5-2-6-10-17)18-13-11-16(12-14-18)15-7-3-1-4-8-15/h2-14H,(H,21,22). The summed E-state index contributed by atoms with van der Waals surface area (Å²) in [6, 6.07) is 27.2. The zero-order valence-corrected chi connectivity index (χ0v) is 11.8. The number of anilines is 2. The first kappa shape index (κ1) is 13.9. The van der Waals surface area contributed by atoms with E-state index in [-0.39, 0.29) is 0 Å². The monoisotopic (exact) mass is 288 g/mol. The van der Waals surface area contributed by atoms with E-state index in [1.54, 1.807) is 12.1 Å². The van der Waals surface area contributed by atoms with Gasteiger partial charge in [-0.3, -0.25) is 0 Å². The third-order valence-electron chi connectivity index (χ3n) is 3.38. The van der Waals surface area contributed by atoms with Gasteiger partial charge in [0.1, 0.15) is 0 Å². The van der Waals surface area contributed by atoms with Gasteiger partial charge >= 0.3 is 6.09 Å². The first-order valence-electron chi connectivity index (χ1n) is 6.90. The molecule has 1 radical (unpaired) electrons. The summed E-state index contributed by atoms with van der Waals surface area (Å²) in [5.74, 6) is 0. The van der Waals surface area contributed by atoms with Crippen LogP contribution >= 0.6 is 0 Å².